The number of anilines is 2. The smallest absolute Gasteiger partial charge is 0.416 e. The van der Waals surface area contributed by atoms with Crippen molar-refractivity contribution >= 4 is 40.8 Å². The average Bonchev–Trinajstić information content (AvgIpc) is 2.85. The second-order valence-corrected chi connectivity index (χ2v) is 9.66. The standard InChI is InChI=1S/C28H24ClF3N2O4/c1-2-27(15-24(35)36)11-10-17-12-16(6-8-22(17)25(27)37)21-9-7-20(14-23(21)29)34-26(38)33-19-5-3-4-18(13-19)28(30,31)32/h3-9,12-14H,2,10-11,15H2,1H3,(H,35,36)(H2,33,34,38). The van der Waals surface area contributed by atoms with Gasteiger partial charge in [-0.3, -0.25) is 9.59 Å². The summed E-state index contributed by atoms with van der Waals surface area (Å²) in [5, 5.41) is 14.5. The fraction of sp³-hybridized carbons (Fsp3) is 0.250. The molecule has 1 atom stereocenters. The first-order valence-corrected chi connectivity index (χ1v) is 12.2. The number of fused-ring (bicyclic) bond motifs is 1. The van der Waals surface area contributed by atoms with Crippen LogP contribution in [0.2, 0.25) is 5.02 Å². The molecule has 0 saturated carbocycles. The Morgan fingerprint density at radius 2 is 1.68 bits per heavy atom. The van der Waals surface area contributed by atoms with Crippen molar-refractivity contribution in [2.45, 2.75) is 38.8 Å². The van der Waals surface area contributed by atoms with Gasteiger partial charge in [-0.05, 0) is 60.7 Å². The molecule has 4 rings (SSSR count). The number of alkyl halides is 3. The van der Waals surface area contributed by atoms with Crippen molar-refractivity contribution < 1.29 is 32.7 Å². The zero-order valence-corrected chi connectivity index (χ0v) is 21.0. The summed E-state index contributed by atoms with van der Waals surface area (Å²) in [5.74, 6) is -1.16. The summed E-state index contributed by atoms with van der Waals surface area (Å²) in [6.45, 7) is 1.83. The van der Waals surface area contributed by atoms with Crippen molar-refractivity contribution in [1.29, 1.82) is 0 Å². The number of benzene rings is 3. The minimum absolute atomic E-state index is 0.0147. The van der Waals surface area contributed by atoms with Crippen LogP contribution >= 0.6 is 11.6 Å². The molecule has 1 aliphatic carbocycles. The Kier molecular flexibility index (Phi) is 7.51. The third-order valence-corrected chi connectivity index (χ3v) is 7.17. The van der Waals surface area contributed by atoms with E-state index in [4.69, 9.17) is 11.6 Å². The molecule has 0 spiro atoms. The molecule has 198 valence electrons. The summed E-state index contributed by atoms with van der Waals surface area (Å²) >= 11 is 6.49. The lowest BCUT2D eigenvalue weighted by molar-refractivity contribution is -0.139. The average molecular weight is 545 g/mol. The number of urea groups is 1. The molecule has 6 nitrogen and oxygen atoms in total. The fourth-order valence-corrected chi connectivity index (χ4v) is 5.07. The van der Waals surface area contributed by atoms with Gasteiger partial charge in [0, 0.05) is 27.9 Å². The number of halogens is 4. The largest absolute Gasteiger partial charge is 0.481 e. The van der Waals surface area contributed by atoms with E-state index in [1.807, 2.05) is 13.0 Å². The van der Waals surface area contributed by atoms with Gasteiger partial charge in [0.2, 0.25) is 0 Å². The van der Waals surface area contributed by atoms with Crippen LogP contribution in [0.25, 0.3) is 11.1 Å². The molecule has 3 N–H and O–H groups in total. The van der Waals surface area contributed by atoms with Crippen LogP contribution in [-0.4, -0.2) is 22.9 Å². The molecule has 3 aromatic carbocycles. The van der Waals surface area contributed by atoms with Gasteiger partial charge in [0.05, 0.1) is 17.0 Å². The number of ketones is 1. The molecule has 0 saturated heterocycles. The number of carbonyl (C=O) groups is 3. The lowest BCUT2D eigenvalue weighted by atomic mass is 9.67. The molecular weight excluding hydrogens is 521 g/mol. The van der Waals surface area contributed by atoms with E-state index >= 15 is 0 Å². The van der Waals surface area contributed by atoms with Gasteiger partial charge < -0.3 is 15.7 Å². The number of nitrogens with one attached hydrogen (secondary N) is 2. The van der Waals surface area contributed by atoms with Crippen LogP contribution in [-0.2, 0) is 17.4 Å². The minimum Gasteiger partial charge on any atom is -0.481 e. The van der Waals surface area contributed by atoms with Crippen molar-refractivity contribution in [2.24, 2.45) is 5.41 Å². The van der Waals surface area contributed by atoms with Gasteiger partial charge >= 0.3 is 18.2 Å². The van der Waals surface area contributed by atoms with Gasteiger partial charge in [0.25, 0.3) is 0 Å². The summed E-state index contributed by atoms with van der Waals surface area (Å²) in [6.07, 6.45) is -3.28. The van der Waals surface area contributed by atoms with E-state index in [-0.39, 0.29) is 17.9 Å². The Hall–Kier alpha value is -3.85. The lowest BCUT2D eigenvalue weighted by Gasteiger charge is -2.35. The van der Waals surface area contributed by atoms with Crippen LogP contribution in [0.1, 0.15) is 47.7 Å². The summed E-state index contributed by atoms with van der Waals surface area (Å²) in [7, 11) is 0. The summed E-state index contributed by atoms with van der Waals surface area (Å²) in [6, 6.07) is 13.7. The van der Waals surface area contributed by atoms with E-state index in [2.05, 4.69) is 10.6 Å². The third kappa shape index (κ3) is 5.67. The molecule has 10 heteroatoms. The normalized spacial score (nSPS) is 17.0. The summed E-state index contributed by atoms with van der Waals surface area (Å²) < 4.78 is 38.7. The number of carboxylic acids is 1. The Morgan fingerprint density at radius 3 is 2.32 bits per heavy atom. The monoisotopic (exact) mass is 544 g/mol. The number of rotatable bonds is 6. The summed E-state index contributed by atoms with van der Waals surface area (Å²) in [4.78, 5) is 36.9. The number of aryl methyl sites for hydroxylation is 1. The maximum atomic E-state index is 13.2. The molecular formula is C28H24ClF3N2O4. The number of aliphatic carboxylic acids is 1. The quantitative estimate of drug-likeness (QED) is 0.297. The number of hydrogen-bond donors (Lipinski definition) is 3. The molecule has 0 radical (unpaired) electrons. The van der Waals surface area contributed by atoms with Gasteiger partial charge in [-0.1, -0.05) is 48.9 Å². The number of carbonyl (C=O) groups excluding carboxylic acids is 2. The first-order chi connectivity index (χ1) is 17.9. The Morgan fingerprint density at radius 1 is 1.00 bits per heavy atom. The molecule has 0 heterocycles. The van der Waals surface area contributed by atoms with E-state index in [1.165, 1.54) is 18.2 Å². The fourth-order valence-electron chi connectivity index (χ4n) is 4.78. The lowest BCUT2D eigenvalue weighted by Crippen LogP contribution is -2.37. The van der Waals surface area contributed by atoms with Crippen molar-refractivity contribution in [3.05, 3.63) is 82.4 Å². The minimum atomic E-state index is -4.53. The molecule has 1 unspecified atom stereocenters. The maximum Gasteiger partial charge on any atom is 0.416 e. The predicted molar refractivity (Wildman–Crippen MR) is 139 cm³/mol. The van der Waals surface area contributed by atoms with Crippen molar-refractivity contribution in [1.82, 2.24) is 0 Å². The molecule has 38 heavy (non-hydrogen) atoms. The van der Waals surface area contributed by atoms with Crippen LogP contribution in [0.15, 0.2) is 60.7 Å². The Bertz CT molecular complexity index is 1420. The first kappa shape index (κ1) is 27.2. The molecule has 2 amide bonds. The van der Waals surface area contributed by atoms with E-state index in [9.17, 15) is 32.7 Å². The molecule has 3 aromatic rings. The molecule has 0 bridgehead atoms. The highest BCUT2D eigenvalue weighted by atomic mass is 35.5. The van der Waals surface area contributed by atoms with Gasteiger partial charge in [-0.15, -0.1) is 0 Å². The number of hydrogen-bond acceptors (Lipinski definition) is 3. The highest BCUT2D eigenvalue weighted by molar-refractivity contribution is 6.33. The van der Waals surface area contributed by atoms with Crippen molar-refractivity contribution in [3.63, 3.8) is 0 Å². The predicted octanol–water partition coefficient (Wildman–Crippen LogP) is 7.67. The molecule has 0 fully saturated rings. The van der Waals surface area contributed by atoms with E-state index in [0.717, 1.165) is 23.3 Å². The van der Waals surface area contributed by atoms with Gasteiger partial charge in [0.1, 0.15) is 0 Å². The SMILES string of the molecule is CCC1(CC(=O)O)CCc2cc(-c3ccc(NC(=O)Nc4cccc(C(F)(F)F)c4)cc3Cl)ccc2C1=O. The van der Waals surface area contributed by atoms with E-state index in [1.54, 1.807) is 24.3 Å². The molecule has 0 aliphatic heterocycles. The third-order valence-electron chi connectivity index (χ3n) is 6.86. The maximum absolute atomic E-state index is 13.2. The molecule has 0 aromatic heterocycles. The van der Waals surface area contributed by atoms with Crippen LogP contribution in [0, 0.1) is 5.41 Å². The van der Waals surface area contributed by atoms with Gasteiger partial charge in [-0.25, -0.2) is 4.79 Å². The van der Waals surface area contributed by atoms with Crippen LogP contribution < -0.4 is 10.6 Å². The first-order valence-electron chi connectivity index (χ1n) is 11.9. The van der Waals surface area contributed by atoms with Crippen molar-refractivity contribution in [2.75, 3.05) is 10.6 Å². The van der Waals surface area contributed by atoms with Crippen LogP contribution in [0.5, 0.6) is 0 Å². The van der Waals surface area contributed by atoms with Crippen LogP contribution in [0.4, 0.5) is 29.3 Å². The highest BCUT2D eigenvalue weighted by Gasteiger charge is 2.42. The van der Waals surface area contributed by atoms with Gasteiger partial charge in [0.15, 0.2) is 5.78 Å². The van der Waals surface area contributed by atoms with Crippen LogP contribution in [0.3, 0.4) is 0 Å². The van der Waals surface area contributed by atoms with Crippen molar-refractivity contribution in [3.8, 4) is 11.1 Å². The van der Waals surface area contributed by atoms with Gasteiger partial charge in [-0.2, -0.15) is 13.2 Å². The highest BCUT2D eigenvalue weighted by Crippen LogP contribution is 2.42. The summed E-state index contributed by atoms with van der Waals surface area (Å²) in [5.41, 5.74) is 1.28. The van der Waals surface area contributed by atoms with E-state index < -0.39 is 29.2 Å². The topological polar surface area (TPSA) is 95.5 Å². The number of carboxylic acid groups (broad SMARTS) is 1. The Labute approximate surface area is 221 Å². The second-order valence-electron chi connectivity index (χ2n) is 9.26. The zero-order valence-electron chi connectivity index (χ0n) is 20.3. The number of amides is 2. The molecule has 1 aliphatic rings. The van der Waals surface area contributed by atoms with E-state index in [0.29, 0.717) is 41.1 Å². The number of Topliss-reactive ketones (excluding diaryl/α,β-unsaturated/α-hetero) is 1. The second kappa shape index (κ2) is 10.5. The Balaban J connectivity index is 1.50. The zero-order chi connectivity index (χ0) is 27.7.